The van der Waals surface area contributed by atoms with Gasteiger partial charge < -0.3 is 10.2 Å². The van der Waals surface area contributed by atoms with Crippen LogP contribution in [0.1, 0.15) is 37.8 Å². The molecule has 150 valence electrons. The maximum absolute atomic E-state index is 13.1. The Morgan fingerprint density at radius 3 is 2.93 bits per heavy atom. The first kappa shape index (κ1) is 17.4. The number of carbonyl (C=O) groups excluding carboxylic acids is 1. The summed E-state index contributed by atoms with van der Waals surface area (Å²) in [5, 5.41) is 4.38. The van der Waals surface area contributed by atoms with Gasteiger partial charge in [0.15, 0.2) is 0 Å². The predicted octanol–water partition coefficient (Wildman–Crippen LogP) is 3.63. The van der Waals surface area contributed by atoms with E-state index >= 15 is 0 Å². The van der Waals surface area contributed by atoms with E-state index in [0.717, 1.165) is 48.4 Å². The minimum atomic E-state index is -0.153. The molecule has 2 bridgehead atoms. The van der Waals surface area contributed by atoms with Gasteiger partial charge in [-0.3, -0.25) is 4.79 Å². The fourth-order valence-electron chi connectivity index (χ4n) is 6.33. The van der Waals surface area contributed by atoms with Crippen molar-refractivity contribution in [3.63, 3.8) is 0 Å². The summed E-state index contributed by atoms with van der Waals surface area (Å²) in [7, 11) is 0. The Labute approximate surface area is 171 Å². The van der Waals surface area contributed by atoms with Crippen LogP contribution in [-0.4, -0.2) is 35.0 Å². The third kappa shape index (κ3) is 2.62. The van der Waals surface area contributed by atoms with E-state index in [9.17, 15) is 4.79 Å². The third-order valence-electron chi connectivity index (χ3n) is 7.98. The molecule has 3 aliphatic carbocycles. The molecule has 5 nitrogen and oxygen atoms in total. The standard InChI is InChI=1S/C24H28N4O/c1-15-18-5-2-3-6-20(18)27-23(26-15)28-12-4-7-21(28)22(29)25-14-16-13-17-8-9-19(16)24(17)10-11-24/h2-3,5-6,8-9,16-17,19,21H,4,7,10-14H2,1H3,(H,25,29)/t16-,17-,19-,21+/m1/s1. The Morgan fingerprint density at radius 1 is 1.24 bits per heavy atom. The Hall–Kier alpha value is -2.43. The zero-order valence-corrected chi connectivity index (χ0v) is 17.0. The van der Waals surface area contributed by atoms with Crippen molar-refractivity contribution in [3.05, 3.63) is 42.1 Å². The van der Waals surface area contributed by atoms with Crippen molar-refractivity contribution in [3.8, 4) is 0 Å². The van der Waals surface area contributed by atoms with E-state index in [2.05, 4.69) is 28.4 Å². The van der Waals surface area contributed by atoms with Gasteiger partial charge in [-0.05, 0) is 68.3 Å². The molecule has 2 aromatic rings. The lowest BCUT2D eigenvalue weighted by Gasteiger charge is -2.26. The number of para-hydroxylation sites is 1. The number of rotatable bonds is 4. The fourth-order valence-corrected chi connectivity index (χ4v) is 6.33. The van der Waals surface area contributed by atoms with E-state index in [0.29, 0.717) is 23.2 Å². The molecule has 6 rings (SSSR count). The van der Waals surface area contributed by atoms with Crippen LogP contribution in [0.25, 0.3) is 10.9 Å². The molecule has 4 aliphatic rings. The number of nitrogens with zero attached hydrogens (tertiary/aromatic N) is 3. The third-order valence-corrected chi connectivity index (χ3v) is 7.98. The molecule has 1 N–H and O–H groups in total. The number of anilines is 1. The molecule has 1 aromatic carbocycles. The SMILES string of the molecule is Cc1nc(N2CCC[C@H]2C(=O)NC[C@H]2C[C@H]3C=C[C@H]2C32CC2)nc2ccccc12. The van der Waals surface area contributed by atoms with Crippen molar-refractivity contribution in [2.75, 3.05) is 18.0 Å². The van der Waals surface area contributed by atoms with Gasteiger partial charge in [0.05, 0.1) is 11.2 Å². The van der Waals surface area contributed by atoms with Crippen LogP contribution in [0, 0.1) is 30.1 Å². The fraction of sp³-hybridized carbons (Fsp3) is 0.542. The van der Waals surface area contributed by atoms with E-state index in [-0.39, 0.29) is 11.9 Å². The lowest BCUT2D eigenvalue weighted by atomic mass is 9.89. The Bertz CT molecular complexity index is 1010. The summed E-state index contributed by atoms with van der Waals surface area (Å²) in [5.74, 6) is 2.92. The van der Waals surface area contributed by atoms with Crippen molar-refractivity contribution in [1.29, 1.82) is 0 Å². The summed E-state index contributed by atoms with van der Waals surface area (Å²) >= 11 is 0. The van der Waals surface area contributed by atoms with Gasteiger partial charge in [0.25, 0.3) is 0 Å². The number of nitrogens with one attached hydrogen (secondary N) is 1. The molecule has 1 amide bonds. The summed E-state index contributed by atoms with van der Waals surface area (Å²) in [6.45, 7) is 3.68. The highest BCUT2D eigenvalue weighted by Crippen LogP contribution is 2.69. The zero-order chi connectivity index (χ0) is 19.6. The van der Waals surface area contributed by atoms with Crippen LogP contribution in [0.4, 0.5) is 5.95 Å². The number of allylic oxidation sites excluding steroid dienone is 2. The molecule has 2 heterocycles. The number of hydrogen-bond donors (Lipinski definition) is 1. The molecule has 4 atom stereocenters. The van der Waals surface area contributed by atoms with Gasteiger partial charge in [-0.25, -0.2) is 9.97 Å². The van der Waals surface area contributed by atoms with Crippen molar-refractivity contribution < 1.29 is 4.79 Å². The minimum absolute atomic E-state index is 0.147. The summed E-state index contributed by atoms with van der Waals surface area (Å²) in [6, 6.07) is 7.94. The average molecular weight is 389 g/mol. The number of hydrogen-bond acceptors (Lipinski definition) is 4. The van der Waals surface area contributed by atoms with Gasteiger partial charge >= 0.3 is 0 Å². The molecule has 29 heavy (non-hydrogen) atoms. The minimum Gasteiger partial charge on any atom is -0.354 e. The summed E-state index contributed by atoms with van der Waals surface area (Å²) in [4.78, 5) is 24.7. The number of fused-ring (bicyclic) bond motifs is 1. The van der Waals surface area contributed by atoms with E-state index < -0.39 is 0 Å². The highest BCUT2D eigenvalue weighted by molar-refractivity contribution is 5.86. The van der Waals surface area contributed by atoms with Crippen molar-refractivity contribution in [2.45, 2.75) is 45.1 Å². The largest absolute Gasteiger partial charge is 0.354 e. The molecule has 1 aromatic heterocycles. The molecule has 3 fully saturated rings. The molecule has 5 heteroatoms. The zero-order valence-electron chi connectivity index (χ0n) is 17.0. The molecule has 2 saturated carbocycles. The van der Waals surface area contributed by atoms with Gasteiger partial charge in [0, 0.05) is 18.5 Å². The van der Waals surface area contributed by atoms with E-state index in [1.807, 2.05) is 25.1 Å². The lowest BCUT2D eigenvalue weighted by Crippen LogP contribution is -2.45. The topological polar surface area (TPSA) is 58.1 Å². The maximum Gasteiger partial charge on any atom is 0.242 e. The van der Waals surface area contributed by atoms with Crippen LogP contribution in [-0.2, 0) is 4.79 Å². The maximum atomic E-state index is 13.1. The van der Waals surface area contributed by atoms with Gasteiger partial charge in [0.2, 0.25) is 11.9 Å². The quantitative estimate of drug-likeness (QED) is 0.813. The Morgan fingerprint density at radius 2 is 2.10 bits per heavy atom. The highest BCUT2D eigenvalue weighted by Gasteiger charge is 2.62. The van der Waals surface area contributed by atoms with Crippen LogP contribution in [0.3, 0.4) is 0 Å². The predicted molar refractivity (Wildman–Crippen MR) is 114 cm³/mol. The van der Waals surface area contributed by atoms with Crippen molar-refractivity contribution in [1.82, 2.24) is 15.3 Å². The second-order valence-corrected chi connectivity index (χ2v) is 9.47. The number of aromatic nitrogens is 2. The van der Waals surface area contributed by atoms with Crippen LogP contribution in [0.2, 0.25) is 0 Å². The first-order chi connectivity index (χ1) is 14.2. The summed E-state index contributed by atoms with van der Waals surface area (Å²) in [6.07, 6.45) is 10.8. The number of amides is 1. The molecule has 1 aliphatic heterocycles. The summed E-state index contributed by atoms with van der Waals surface area (Å²) < 4.78 is 0. The van der Waals surface area contributed by atoms with Gasteiger partial charge in [0.1, 0.15) is 6.04 Å². The lowest BCUT2D eigenvalue weighted by molar-refractivity contribution is -0.122. The first-order valence-corrected chi connectivity index (χ1v) is 11.1. The Kier molecular flexibility index (Phi) is 3.78. The number of benzene rings is 1. The van der Waals surface area contributed by atoms with Crippen LogP contribution in [0.15, 0.2) is 36.4 Å². The van der Waals surface area contributed by atoms with Crippen molar-refractivity contribution in [2.24, 2.45) is 23.2 Å². The molecular weight excluding hydrogens is 360 g/mol. The normalized spacial score (nSPS) is 31.1. The Balaban J connectivity index is 1.17. The van der Waals surface area contributed by atoms with Crippen LogP contribution >= 0.6 is 0 Å². The second kappa shape index (κ2) is 6.28. The number of aryl methyl sites for hydroxylation is 1. The van der Waals surface area contributed by atoms with Gasteiger partial charge in [-0.2, -0.15) is 0 Å². The molecule has 1 spiro atoms. The molecule has 1 saturated heterocycles. The van der Waals surface area contributed by atoms with Crippen molar-refractivity contribution >= 4 is 22.8 Å². The second-order valence-electron chi connectivity index (χ2n) is 9.47. The number of carbonyl (C=O) groups is 1. The highest BCUT2D eigenvalue weighted by atomic mass is 16.2. The molecular formula is C24H28N4O. The van der Waals surface area contributed by atoms with E-state index in [4.69, 9.17) is 9.97 Å². The van der Waals surface area contributed by atoms with Crippen LogP contribution in [0.5, 0.6) is 0 Å². The average Bonchev–Trinajstić information content (AvgIpc) is 3.13. The smallest absolute Gasteiger partial charge is 0.242 e. The molecule has 0 radical (unpaired) electrons. The van der Waals surface area contributed by atoms with Crippen LogP contribution < -0.4 is 10.2 Å². The molecule has 0 unspecified atom stereocenters. The first-order valence-electron chi connectivity index (χ1n) is 11.1. The van der Waals surface area contributed by atoms with E-state index in [1.165, 1.54) is 19.3 Å². The van der Waals surface area contributed by atoms with Gasteiger partial charge in [-0.15, -0.1) is 0 Å². The summed E-state index contributed by atoms with van der Waals surface area (Å²) in [5.41, 5.74) is 2.51. The monoisotopic (exact) mass is 388 g/mol. The van der Waals surface area contributed by atoms with E-state index in [1.54, 1.807) is 0 Å². The van der Waals surface area contributed by atoms with Gasteiger partial charge in [-0.1, -0.05) is 30.4 Å².